The molecule has 3 rings (SSSR count). The number of carbonyl (C=O) groups is 1. The number of amides is 1. The average Bonchev–Trinajstić information content (AvgIpc) is 3.22. The number of benzene rings is 2. The maximum Gasteiger partial charge on any atom is 0.241 e. The molecule has 31 heavy (non-hydrogen) atoms. The minimum atomic E-state index is -0.653. The second-order valence-corrected chi connectivity index (χ2v) is 6.80. The molecule has 3 N–H and O–H groups in total. The van der Waals surface area contributed by atoms with Crippen LogP contribution >= 0.6 is 12.4 Å². The van der Waals surface area contributed by atoms with Crippen LogP contribution in [0.5, 0.6) is 17.2 Å². The van der Waals surface area contributed by atoms with Gasteiger partial charge < -0.3 is 29.8 Å². The molecule has 0 fully saturated rings. The Morgan fingerprint density at radius 2 is 1.77 bits per heavy atom. The molecule has 0 radical (unpaired) electrons. The highest BCUT2D eigenvalue weighted by atomic mass is 35.5. The summed E-state index contributed by atoms with van der Waals surface area (Å²) in [6.45, 7) is 3.54. The average molecular weight is 448 g/mol. The summed E-state index contributed by atoms with van der Waals surface area (Å²) in [6, 6.07) is 8.56. The molecule has 0 aliphatic rings. The van der Waals surface area contributed by atoms with Gasteiger partial charge in [0.15, 0.2) is 11.5 Å². The van der Waals surface area contributed by atoms with Crippen LogP contribution in [0.1, 0.15) is 12.5 Å². The van der Waals surface area contributed by atoms with E-state index >= 15 is 0 Å². The van der Waals surface area contributed by atoms with Crippen molar-refractivity contribution in [3.63, 3.8) is 0 Å². The normalized spacial score (nSPS) is 11.3. The number of nitrogens with one attached hydrogen (secondary N) is 1. The standard InChI is InChI=1S/C22H25N3O5.ClH/c1-12-8-15(10-19(28-4)21(12)29-5)20-16(11-30-25-20)14-6-7-18(27-3)17(9-14)24-22(26)13(2)23;/h6-11,13H,23H2,1-5H3,(H,24,26);1H. The fraction of sp³-hybridized carbons (Fsp3) is 0.273. The molecule has 1 unspecified atom stereocenters. The Bertz CT molecular complexity index is 1070. The molecule has 3 aromatic rings. The van der Waals surface area contributed by atoms with Gasteiger partial charge in [0.25, 0.3) is 0 Å². The van der Waals surface area contributed by atoms with E-state index in [4.69, 9.17) is 24.5 Å². The zero-order valence-corrected chi connectivity index (χ0v) is 18.8. The van der Waals surface area contributed by atoms with E-state index in [-0.39, 0.29) is 18.3 Å². The highest BCUT2D eigenvalue weighted by Gasteiger charge is 2.19. The summed E-state index contributed by atoms with van der Waals surface area (Å²) < 4.78 is 21.5. The molecule has 0 spiro atoms. The molecule has 0 aliphatic heterocycles. The van der Waals surface area contributed by atoms with Crippen LogP contribution in [-0.4, -0.2) is 38.4 Å². The summed E-state index contributed by atoms with van der Waals surface area (Å²) in [5, 5.41) is 6.97. The predicted octanol–water partition coefficient (Wildman–Crippen LogP) is 4.05. The first-order valence-electron chi connectivity index (χ1n) is 9.31. The van der Waals surface area contributed by atoms with Gasteiger partial charge in [0.1, 0.15) is 17.7 Å². The maximum atomic E-state index is 12.1. The first-order chi connectivity index (χ1) is 14.4. The third kappa shape index (κ3) is 4.92. The third-order valence-electron chi connectivity index (χ3n) is 4.69. The van der Waals surface area contributed by atoms with Gasteiger partial charge in [0.2, 0.25) is 5.91 Å². The number of hydrogen-bond acceptors (Lipinski definition) is 7. The van der Waals surface area contributed by atoms with Crippen molar-refractivity contribution >= 4 is 24.0 Å². The number of anilines is 1. The van der Waals surface area contributed by atoms with Crippen LogP contribution < -0.4 is 25.3 Å². The lowest BCUT2D eigenvalue weighted by atomic mass is 9.99. The summed E-state index contributed by atoms with van der Waals surface area (Å²) in [5.74, 6) is 1.47. The van der Waals surface area contributed by atoms with Gasteiger partial charge in [-0.1, -0.05) is 11.2 Å². The summed E-state index contributed by atoms with van der Waals surface area (Å²) in [5.41, 5.74) is 10.1. The largest absolute Gasteiger partial charge is 0.495 e. The van der Waals surface area contributed by atoms with E-state index < -0.39 is 6.04 Å². The second kappa shape index (κ2) is 10.2. The van der Waals surface area contributed by atoms with Gasteiger partial charge in [-0.05, 0) is 49.2 Å². The summed E-state index contributed by atoms with van der Waals surface area (Å²) in [7, 11) is 4.72. The highest BCUT2D eigenvalue weighted by molar-refractivity contribution is 5.96. The Hall–Kier alpha value is -3.23. The van der Waals surface area contributed by atoms with E-state index in [1.807, 2.05) is 25.1 Å². The molecule has 0 saturated heterocycles. The van der Waals surface area contributed by atoms with Gasteiger partial charge in [0, 0.05) is 11.1 Å². The fourth-order valence-corrected chi connectivity index (χ4v) is 3.16. The number of aryl methyl sites for hydroxylation is 1. The number of nitrogens with two attached hydrogens (primary N) is 1. The number of nitrogens with zero attached hydrogens (tertiary/aromatic N) is 1. The van der Waals surface area contributed by atoms with E-state index in [9.17, 15) is 4.79 Å². The lowest BCUT2D eigenvalue weighted by Crippen LogP contribution is -2.32. The zero-order valence-electron chi connectivity index (χ0n) is 18.0. The lowest BCUT2D eigenvalue weighted by Gasteiger charge is -2.14. The van der Waals surface area contributed by atoms with E-state index in [1.165, 1.54) is 7.11 Å². The molecule has 1 aromatic heterocycles. The molecule has 0 saturated carbocycles. The lowest BCUT2D eigenvalue weighted by molar-refractivity contribution is -0.117. The number of hydrogen-bond donors (Lipinski definition) is 2. The van der Waals surface area contributed by atoms with Crippen molar-refractivity contribution in [2.45, 2.75) is 19.9 Å². The molecule has 0 aliphatic carbocycles. The van der Waals surface area contributed by atoms with Gasteiger partial charge >= 0.3 is 0 Å². The topological polar surface area (TPSA) is 109 Å². The SMILES string of the molecule is COc1ccc(-c2conc2-c2cc(C)c(OC)c(OC)c2)cc1NC(=O)C(C)N.Cl. The van der Waals surface area contributed by atoms with Crippen molar-refractivity contribution in [2.24, 2.45) is 5.73 Å². The van der Waals surface area contributed by atoms with Crippen molar-refractivity contribution in [1.29, 1.82) is 0 Å². The molecule has 1 amide bonds. The van der Waals surface area contributed by atoms with Crippen molar-refractivity contribution in [2.75, 3.05) is 26.6 Å². The van der Waals surface area contributed by atoms with Gasteiger partial charge in [-0.2, -0.15) is 0 Å². The van der Waals surface area contributed by atoms with Crippen LogP contribution in [-0.2, 0) is 4.79 Å². The number of ether oxygens (including phenoxy) is 3. The van der Waals surface area contributed by atoms with Crippen molar-refractivity contribution in [3.8, 4) is 39.6 Å². The Morgan fingerprint density at radius 1 is 1.06 bits per heavy atom. The minimum absolute atomic E-state index is 0. The smallest absolute Gasteiger partial charge is 0.241 e. The van der Waals surface area contributed by atoms with E-state index in [2.05, 4.69) is 10.5 Å². The fourth-order valence-electron chi connectivity index (χ4n) is 3.16. The summed E-state index contributed by atoms with van der Waals surface area (Å²) in [4.78, 5) is 12.1. The van der Waals surface area contributed by atoms with Crippen LogP contribution in [0.3, 0.4) is 0 Å². The molecule has 166 valence electrons. The summed E-state index contributed by atoms with van der Waals surface area (Å²) in [6.07, 6.45) is 1.56. The number of rotatable bonds is 7. The van der Waals surface area contributed by atoms with Gasteiger partial charge in [-0.25, -0.2) is 0 Å². The molecule has 2 aromatic carbocycles. The number of methoxy groups -OCH3 is 3. The van der Waals surface area contributed by atoms with Gasteiger partial charge in [0.05, 0.1) is 33.1 Å². The Balaban J connectivity index is 0.00000341. The Kier molecular flexibility index (Phi) is 7.90. The zero-order chi connectivity index (χ0) is 21.8. The van der Waals surface area contributed by atoms with Crippen molar-refractivity contribution in [1.82, 2.24) is 5.16 Å². The van der Waals surface area contributed by atoms with Crippen molar-refractivity contribution < 1.29 is 23.5 Å². The number of aromatic nitrogens is 1. The molecule has 1 heterocycles. The monoisotopic (exact) mass is 447 g/mol. The molecule has 0 bridgehead atoms. The summed E-state index contributed by atoms with van der Waals surface area (Å²) >= 11 is 0. The molecular weight excluding hydrogens is 422 g/mol. The molecule has 9 heteroatoms. The van der Waals surface area contributed by atoms with E-state index in [1.54, 1.807) is 39.5 Å². The quantitative estimate of drug-likeness (QED) is 0.562. The van der Waals surface area contributed by atoms with Crippen LogP contribution in [0.25, 0.3) is 22.4 Å². The van der Waals surface area contributed by atoms with Gasteiger partial charge in [-0.3, -0.25) is 4.79 Å². The molecule has 1 atom stereocenters. The van der Waals surface area contributed by atoms with Crippen LogP contribution in [0, 0.1) is 6.92 Å². The number of carbonyl (C=O) groups excluding carboxylic acids is 1. The van der Waals surface area contributed by atoms with Crippen LogP contribution in [0.2, 0.25) is 0 Å². The van der Waals surface area contributed by atoms with Crippen molar-refractivity contribution in [3.05, 3.63) is 42.2 Å². The first-order valence-corrected chi connectivity index (χ1v) is 9.31. The Morgan fingerprint density at radius 3 is 2.39 bits per heavy atom. The predicted molar refractivity (Wildman–Crippen MR) is 121 cm³/mol. The molecule has 8 nitrogen and oxygen atoms in total. The van der Waals surface area contributed by atoms with Crippen LogP contribution in [0.4, 0.5) is 5.69 Å². The second-order valence-electron chi connectivity index (χ2n) is 6.80. The third-order valence-corrected chi connectivity index (χ3v) is 4.69. The van der Waals surface area contributed by atoms with Crippen LogP contribution in [0.15, 0.2) is 41.1 Å². The molecular formula is C22H26ClN3O5. The van der Waals surface area contributed by atoms with E-state index in [0.717, 1.165) is 22.3 Å². The minimum Gasteiger partial charge on any atom is -0.495 e. The van der Waals surface area contributed by atoms with E-state index in [0.29, 0.717) is 28.6 Å². The Labute approximate surface area is 187 Å². The first kappa shape index (κ1) is 24.0. The van der Waals surface area contributed by atoms with Gasteiger partial charge in [-0.15, -0.1) is 12.4 Å². The highest BCUT2D eigenvalue weighted by Crippen LogP contribution is 2.40. The maximum absolute atomic E-state index is 12.1. The number of halogens is 1.